The van der Waals surface area contributed by atoms with E-state index in [9.17, 15) is 4.39 Å². The smallest absolute Gasteiger partial charge is 0.127 e. The molecule has 0 radical (unpaired) electrons. The minimum Gasteiger partial charge on any atom is -0.488 e. The SMILES string of the molecule is CCNC(C)c1ccc(F)cc1OCc1ccncc1. The zero-order chi connectivity index (χ0) is 14.4. The van der Waals surface area contributed by atoms with E-state index >= 15 is 0 Å². The van der Waals surface area contributed by atoms with Crippen LogP contribution in [0.1, 0.15) is 31.0 Å². The molecule has 106 valence electrons. The molecule has 1 unspecified atom stereocenters. The van der Waals surface area contributed by atoms with Gasteiger partial charge in [0.25, 0.3) is 0 Å². The van der Waals surface area contributed by atoms with Crippen LogP contribution >= 0.6 is 0 Å². The van der Waals surface area contributed by atoms with Crippen molar-refractivity contribution in [1.82, 2.24) is 10.3 Å². The quantitative estimate of drug-likeness (QED) is 0.875. The minimum absolute atomic E-state index is 0.119. The molecule has 1 atom stereocenters. The van der Waals surface area contributed by atoms with E-state index < -0.39 is 0 Å². The first-order valence-electron chi connectivity index (χ1n) is 6.75. The first-order valence-corrected chi connectivity index (χ1v) is 6.75. The molecule has 1 aromatic carbocycles. The van der Waals surface area contributed by atoms with Crippen molar-refractivity contribution in [2.45, 2.75) is 26.5 Å². The normalized spacial score (nSPS) is 12.2. The van der Waals surface area contributed by atoms with E-state index in [0.29, 0.717) is 12.4 Å². The predicted octanol–water partition coefficient (Wildman–Crippen LogP) is 3.47. The number of nitrogens with one attached hydrogen (secondary N) is 1. The summed E-state index contributed by atoms with van der Waals surface area (Å²) in [6.45, 7) is 5.33. The number of hydrogen-bond acceptors (Lipinski definition) is 3. The zero-order valence-electron chi connectivity index (χ0n) is 11.8. The molecule has 0 bridgehead atoms. The molecule has 3 nitrogen and oxygen atoms in total. The molecular formula is C16H19FN2O. The molecule has 20 heavy (non-hydrogen) atoms. The zero-order valence-corrected chi connectivity index (χ0v) is 11.8. The molecule has 0 saturated heterocycles. The molecule has 0 amide bonds. The Morgan fingerprint density at radius 1 is 1.25 bits per heavy atom. The lowest BCUT2D eigenvalue weighted by Gasteiger charge is -2.17. The standard InChI is InChI=1S/C16H19FN2O/c1-3-19-12(2)15-5-4-14(17)10-16(15)20-11-13-6-8-18-9-7-13/h4-10,12,19H,3,11H2,1-2H3. The second-order valence-corrected chi connectivity index (χ2v) is 4.61. The number of nitrogens with zero attached hydrogens (tertiary/aromatic N) is 1. The van der Waals surface area contributed by atoms with Gasteiger partial charge in [-0.15, -0.1) is 0 Å². The third-order valence-electron chi connectivity index (χ3n) is 3.10. The lowest BCUT2D eigenvalue weighted by molar-refractivity contribution is 0.298. The Hall–Kier alpha value is -1.94. The van der Waals surface area contributed by atoms with Gasteiger partial charge in [0.15, 0.2) is 0 Å². The summed E-state index contributed by atoms with van der Waals surface area (Å²) in [4.78, 5) is 3.96. The molecule has 0 aliphatic rings. The van der Waals surface area contributed by atoms with Crippen molar-refractivity contribution in [3.63, 3.8) is 0 Å². The van der Waals surface area contributed by atoms with Gasteiger partial charge in [0.1, 0.15) is 18.2 Å². The average Bonchev–Trinajstić information content (AvgIpc) is 2.46. The highest BCUT2D eigenvalue weighted by molar-refractivity contribution is 5.36. The number of hydrogen-bond donors (Lipinski definition) is 1. The predicted molar refractivity (Wildman–Crippen MR) is 77.1 cm³/mol. The molecule has 0 fully saturated rings. The summed E-state index contributed by atoms with van der Waals surface area (Å²) < 4.78 is 19.2. The van der Waals surface area contributed by atoms with Crippen molar-refractivity contribution in [1.29, 1.82) is 0 Å². The topological polar surface area (TPSA) is 34.1 Å². The van der Waals surface area contributed by atoms with Gasteiger partial charge in [-0.1, -0.05) is 13.0 Å². The molecular weight excluding hydrogens is 255 g/mol. The summed E-state index contributed by atoms with van der Waals surface area (Å²) in [5, 5.41) is 3.31. The Morgan fingerprint density at radius 2 is 2.00 bits per heavy atom. The third kappa shape index (κ3) is 3.78. The van der Waals surface area contributed by atoms with E-state index in [0.717, 1.165) is 17.7 Å². The second kappa shape index (κ2) is 7.01. The Morgan fingerprint density at radius 3 is 2.70 bits per heavy atom. The molecule has 0 aliphatic heterocycles. The van der Waals surface area contributed by atoms with Crippen LogP contribution in [-0.4, -0.2) is 11.5 Å². The van der Waals surface area contributed by atoms with Crippen LogP contribution in [0.4, 0.5) is 4.39 Å². The van der Waals surface area contributed by atoms with Crippen LogP contribution in [0.2, 0.25) is 0 Å². The van der Waals surface area contributed by atoms with Crippen LogP contribution in [0, 0.1) is 5.82 Å². The van der Waals surface area contributed by atoms with Gasteiger partial charge in [0, 0.05) is 30.1 Å². The molecule has 1 heterocycles. The Labute approximate surface area is 118 Å². The maximum Gasteiger partial charge on any atom is 0.127 e. The summed E-state index contributed by atoms with van der Waals surface area (Å²) in [6.07, 6.45) is 3.43. The van der Waals surface area contributed by atoms with E-state index in [2.05, 4.69) is 10.3 Å². The number of aromatic nitrogens is 1. The Balaban J connectivity index is 2.15. The van der Waals surface area contributed by atoms with Gasteiger partial charge in [-0.25, -0.2) is 4.39 Å². The van der Waals surface area contributed by atoms with Crippen molar-refractivity contribution < 1.29 is 9.13 Å². The van der Waals surface area contributed by atoms with Gasteiger partial charge in [0.2, 0.25) is 0 Å². The second-order valence-electron chi connectivity index (χ2n) is 4.61. The lowest BCUT2D eigenvalue weighted by atomic mass is 10.1. The number of pyridine rings is 1. The molecule has 1 N–H and O–H groups in total. The summed E-state index contributed by atoms with van der Waals surface area (Å²) in [5.41, 5.74) is 1.97. The van der Waals surface area contributed by atoms with Crippen molar-refractivity contribution in [3.05, 3.63) is 59.7 Å². The molecule has 2 aromatic rings. The highest BCUT2D eigenvalue weighted by Crippen LogP contribution is 2.26. The van der Waals surface area contributed by atoms with E-state index in [4.69, 9.17) is 4.74 Å². The van der Waals surface area contributed by atoms with Crippen molar-refractivity contribution in [2.24, 2.45) is 0 Å². The largest absolute Gasteiger partial charge is 0.488 e. The van der Waals surface area contributed by atoms with Gasteiger partial charge >= 0.3 is 0 Å². The fourth-order valence-corrected chi connectivity index (χ4v) is 2.05. The molecule has 0 aliphatic carbocycles. The number of ether oxygens (including phenoxy) is 1. The molecule has 2 rings (SSSR count). The highest BCUT2D eigenvalue weighted by atomic mass is 19.1. The van der Waals surface area contributed by atoms with E-state index in [1.807, 2.05) is 26.0 Å². The molecule has 0 spiro atoms. The summed E-state index contributed by atoms with van der Waals surface area (Å²) >= 11 is 0. The molecule has 4 heteroatoms. The van der Waals surface area contributed by atoms with Gasteiger partial charge in [-0.3, -0.25) is 4.98 Å². The third-order valence-corrected chi connectivity index (χ3v) is 3.10. The van der Waals surface area contributed by atoms with Crippen LogP contribution in [0.3, 0.4) is 0 Å². The van der Waals surface area contributed by atoms with Gasteiger partial charge in [0.05, 0.1) is 0 Å². The highest BCUT2D eigenvalue weighted by Gasteiger charge is 2.12. The number of halogens is 1. The fraction of sp³-hybridized carbons (Fsp3) is 0.312. The van der Waals surface area contributed by atoms with Gasteiger partial charge in [-0.05, 0) is 37.2 Å². The minimum atomic E-state index is -0.290. The Bertz CT molecular complexity index is 545. The van der Waals surface area contributed by atoms with Crippen molar-refractivity contribution in [3.8, 4) is 5.75 Å². The van der Waals surface area contributed by atoms with E-state index in [-0.39, 0.29) is 11.9 Å². The summed E-state index contributed by atoms with van der Waals surface area (Å²) in [5.74, 6) is 0.289. The first-order chi connectivity index (χ1) is 9.70. The van der Waals surface area contributed by atoms with Crippen LogP contribution in [0.15, 0.2) is 42.7 Å². The van der Waals surface area contributed by atoms with Crippen LogP contribution in [-0.2, 0) is 6.61 Å². The van der Waals surface area contributed by atoms with E-state index in [1.165, 1.54) is 12.1 Å². The Kier molecular flexibility index (Phi) is 5.07. The van der Waals surface area contributed by atoms with Crippen molar-refractivity contribution >= 4 is 0 Å². The van der Waals surface area contributed by atoms with Crippen LogP contribution in [0.5, 0.6) is 5.75 Å². The van der Waals surface area contributed by atoms with Gasteiger partial charge in [-0.2, -0.15) is 0 Å². The average molecular weight is 274 g/mol. The summed E-state index contributed by atoms with van der Waals surface area (Å²) in [7, 11) is 0. The first kappa shape index (κ1) is 14.5. The number of rotatable bonds is 6. The number of benzene rings is 1. The van der Waals surface area contributed by atoms with Crippen LogP contribution in [0.25, 0.3) is 0 Å². The molecule has 1 aromatic heterocycles. The van der Waals surface area contributed by atoms with E-state index in [1.54, 1.807) is 18.5 Å². The maximum atomic E-state index is 13.4. The molecule has 0 saturated carbocycles. The van der Waals surface area contributed by atoms with Gasteiger partial charge < -0.3 is 10.1 Å². The lowest BCUT2D eigenvalue weighted by Crippen LogP contribution is -2.18. The fourth-order valence-electron chi connectivity index (χ4n) is 2.05. The maximum absolute atomic E-state index is 13.4. The van der Waals surface area contributed by atoms with Crippen molar-refractivity contribution in [2.75, 3.05) is 6.54 Å². The monoisotopic (exact) mass is 274 g/mol. The van der Waals surface area contributed by atoms with Crippen LogP contribution < -0.4 is 10.1 Å². The summed E-state index contributed by atoms with van der Waals surface area (Å²) in [6, 6.07) is 8.55.